The summed E-state index contributed by atoms with van der Waals surface area (Å²) in [5, 5.41) is 2.72. The van der Waals surface area contributed by atoms with Gasteiger partial charge in [-0.1, -0.05) is 0 Å². The van der Waals surface area contributed by atoms with Crippen LogP contribution >= 0.6 is 0 Å². The van der Waals surface area contributed by atoms with E-state index in [-0.39, 0.29) is 17.2 Å². The zero-order valence-corrected chi connectivity index (χ0v) is 19.4. The van der Waals surface area contributed by atoms with Crippen LogP contribution < -0.4 is 5.32 Å². The number of amides is 1. The van der Waals surface area contributed by atoms with Crippen molar-refractivity contribution in [2.75, 3.05) is 21.3 Å². The summed E-state index contributed by atoms with van der Waals surface area (Å²) in [5.74, 6) is -2.41. The van der Waals surface area contributed by atoms with Crippen molar-refractivity contribution in [1.29, 1.82) is 0 Å². The number of hydrogen-bond donors (Lipinski definition) is 1. The van der Waals surface area contributed by atoms with E-state index in [4.69, 9.17) is 9.47 Å². The summed E-state index contributed by atoms with van der Waals surface area (Å²) in [6, 6.07) is 0. The van der Waals surface area contributed by atoms with E-state index < -0.39 is 40.3 Å². The van der Waals surface area contributed by atoms with E-state index in [9.17, 15) is 19.2 Å². The van der Waals surface area contributed by atoms with Gasteiger partial charge in [0.25, 0.3) is 0 Å². The third-order valence-electron chi connectivity index (χ3n) is 4.71. The van der Waals surface area contributed by atoms with Crippen LogP contribution in [0.1, 0.15) is 41.5 Å². The molecule has 0 aliphatic carbocycles. The van der Waals surface area contributed by atoms with Gasteiger partial charge in [-0.15, -0.1) is 0 Å². The molecule has 1 aliphatic rings. The van der Waals surface area contributed by atoms with Gasteiger partial charge in [-0.25, -0.2) is 19.4 Å². The molecule has 0 bridgehead atoms. The summed E-state index contributed by atoms with van der Waals surface area (Å²) in [6.07, 6.45) is 2.13. The number of nitrogens with zero attached hydrogens (tertiary/aromatic N) is 1. The highest BCUT2D eigenvalue weighted by molar-refractivity contribution is 6.07. The average molecular weight is 438 g/mol. The normalized spacial score (nSPS) is 17.4. The van der Waals surface area contributed by atoms with Gasteiger partial charge in [0.2, 0.25) is 11.8 Å². The molecule has 31 heavy (non-hydrogen) atoms. The predicted molar refractivity (Wildman–Crippen MR) is 111 cm³/mol. The second-order valence-corrected chi connectivity index (χ2v) is 8.39. The number of aliphatic imine (C=N–C) groups is 1. The van der Waals surface area contributed by atoms with Crippen molar-refractivity contribution in [3.8, 4) is 0 Å². The Kier molecular flexibility index (Phi) is 7.77. The lowest BCUT2D eigenvalue weighted by Crippen LogP contribution is -2.53. The van der Waals surface area contributed by atoms with Gasteiger partial charge in [-0.3, -0.25) is 4.79 Å². The number of nitrogens with one attached hydrogen (secondary N) is 1. The minimum absolute atomic E-state index is 0.0810. The molecule has 0 aromatic carbocycles. The number of hydrogen-bond acceptors (Lipinski definition) is 9. The molecule has 172 valence electrons. The molecule has 0 aromatic heterocycles. The summed E-state index contributed by atoms with van der Waals surface area (Å²) in [6.45, 7) is 9.68. The first-order chi connectivity index (χ1) is 14.1. The Labute approximate surface area is 181 Å². The Morgan fingerprint density at radius 1 is 0.968 bits per heavy atom. The first-order valence-corrected chi connectivity index (χ1v) is 9.41. The highest BCUT2D eigenvalue weighted by atomic mass is 16.5. The molecular weight excluding hydrogens is 408 g/mol. The second-order valence-electron chi connectivity index (χ2n) is 8.39. The molecule has 1 heterocycles. The van der Waals surface area contributed by atoms with Gasteiger partial charge in [-0.2, -0.15) is 0 Å². The van der Waals surface area contributed by atoms with E-state index in [0.717, 1.165) is 13.2 Å². The van der Waals surface area contributed by atoms with E-state index in [1.165, 1.54) is 34.1 Å². The van der Waals surface area contributed by atoms with Crippen LogP contribution in [0.3, 0.4) is 0 Å². The van der Waals surface area contributed by atoms with Crippen molar-refractivity contribution in [3.63, 3.8) is 0 Å². The van der Waals surface area contributed by atoms with Crippen LogP contribution in [0.4, 0.5) is 0 Å². The topological polar surface area (TPSA) is 130 Å². The first kappa shape index (κ1) is 25.9. The van der Waals surface area contributed by atoms with Gasteiger partial charge in [0, 0.05) is 6.08 Å². The maximum atomic E-state index is 13.2. The van der Waals surface area contributed by atoms with E-state index in [1.807, 2.05) is 0 Å². The summed E-state index contributed by atoms with van der Waals surface area (Å²) in [4.78, 5) is 53.1. The average Bonchev–Trinajstić information content (AvgIpc) is 2.99. The van der Waals surface area contributed by atoms with Gasteiger partial charge in [0.1, 0.15) is 16.7 Å². The van der Waals surface area contributed by atoms with Crippen molar-refractivity contribution in [2.45, 2.75) is 52.6 Å². The molecule has 0 radical (unpaired) electrons. The summed E-state index contributed by atoms with van der Waals surface area (Å²) in [7, 11) is 3.57. The molecule has 0 saturated heterocycles. The Bertz CT molecular complexity index is 863. The molecule has 0 fully saturated rings. The number of methoxy groups -OCH3 is 3. The highest BCUT2D eigenvalue weighted by Crippen LogP contribution is 2.35. The van der Waals surface area contributed by atoms with Gasteiger partial charge in [0.05, 0.1) is 38.5 Å². The third-order valence-corrected chi connectivity index (χ3v) is 4.71. The number of ether oxygens (including phenoxy) is 4. The standard InChI is InChI=1S/C21H30N2O8/c1-19(2,18-23-21(5,6)13(31-18)11-15(25)29-8)17(27)22-20(3,4)12(16(26)30-9)10-14(24)28-7/h10-11H,1-9H3,(H,22,27)/b12-10+,13-11+. The van der Waals surface area contributed by atoms with Crippen LogP contribution in [0, 0.1) is 5.41 Å². The number of carbonyl (C=O) groups excluding carboxylic acids is 4. The lowest BCUT2D eigenvalue weighted by molar-refractivity contribution is -0.139. The molecule has 0 spiro atoms. The Hall–Kier alpha value is -3.17. The van der Waals surface area contributed by atoms with Crippen LogP contribution in [0.15, 0.2) is 28.5 Å². The van der Waals surface area contributed by atoms with Crippen LogP contribution in [-0.4, -0.2) is 62.1 Å². The lowest BCUT2D eigenvalue weighted by Gasteiger charge is -2.32. The Balaban J connectivity index is 3.23. The van der Waals surface area contributed by atoms with Crippen molar-refractivity contribution in [2.24, 2.45) is 10.4 Å². The quantitative estimate of drug-likeness (QED) is 0.359. The summed E-state index contributed by atoms with van der Waals surface area (Å²) >= 11 is 0. The monoisotopic (exact) mass is 438 g/mol. The first-order valence-electron chi connectivity index (χ1n) is 9.41. The molecule has 10 nitrogen and oxygen atoms in total. The van der Waals surface area contributed by atoms with Gasteiger partial charge >= 0.3 is 17.9 Å². The van der Waals surface area contributed by atoms with Crippen molar-refractivity contribution >= 4 is 29.7 Å². The van der Waals surface area contributed by atoms with Crippen molar-refractivity contribution in [3.05, 3.63) is 23.5 Å². The van der Waals surface area contributed by atoms with Crippen LogP contribution in [0.25, 0.3) is 0 Å². The molecule has 1 rings (SSSR count). The number of esters is 3. The highest BCUT2D eigenvalue weighted by Gasteiger charge is 2.46. The minimum atomic E-state index is -1.30. The maximum Gasteiger partial charge on any atom is 0.336 e. The third kappa shape index (κ3) is 5.93. The fraction of sp³-hybridized carbons (Fsp3) is 0.571. The Morgan fingerprint density at radius 3 is 2.00 bits per heavy atom. The van der Waals surface area contributed by atoms with Gasteiger partial charge in [-0.05, 0) is 41.5 Å². The number of carbonyl (C=O) groups is 4. The zero-order valence-electron chi connectivity index (χ0n) is 19.4. The maximum absolute atomic E-state index is 13.2. The summed E-state index contributed by atoms with van der Waals surface area (Å²) in [5.41, 5.74) is -3.58. The SMILES string of the molecule is COC(=O)/C=C(\C(=O)OC)C(C)(C)NC(=O)C(C)(C)C1=NC(C)(C)/C(=C\C(=O)OC)O1. The fourth-order valence-corrected chi connectivity index (χ4v) is 2.59. The fourth-order valence-electron chi connectivity index (χ4n) is 2.59. The molecule has 0 unspecified atom stereocenters. The summed E-state index contributed by atoms with van der Waals surface area (Å²) < 4.78 is 19.7. The predicted octanol–water partition coefficient (Wildman–Crippen LogP) is 1.44. The van der Waals surface area contributed by atoms with E-state index in [0.29, 0.717) is 0 Å². The molecule has 0 atom stereocenters. The van der Waals surface area contributed by atoms with Crippen LogP contribution in [0.5, 0.6) is 0 Å². The molecule has 1 N–H and O–H groups in total. The second kappa shape index (κ2) is 9.32. The smallest absolute Gasteiger partial charge is 0.336 e. The van der Waals surface area contributed by atoms with E-state index >= 15 is 0 Å². The number of rotatable bonds is 7. The molecular formula is C21H30N2O8. The van der Waals surface area contributed by atoms with Gasteiger partial charge in [0.15, 0.2) is 0 Å². The Morgan fingerprint density at radius 2 is 1.52 bits per heavy atom. The molecule has 10 heteroatoms. The molecule has 1 aliphatic heterocycles. The zero-order chi connectivity index (χ0) is 24.2. The largest absolute Gasteiger partial charge is 0.466 e. The van der Waals surface area contributed by atoms with Crippen LogP contribution in [0.2, 0.25) is 0 Å². The lowest BCUT2D eigenvalue weighted by atomic mass is 9.87. The molecule has 1 amide bonds. The van der Waals surface area contributed by atoms with Gasteiger partial charge < -0.3 is 24.3 Å². The van der Waals surface area contributed by atoms with E-state index in [1.54, 1.807) is 27.7 Å². The van der Waals surface area contributed by atoms with Crippen molar-refractivity contribution < 1.29 is 38.1 Å². The minimum Gasteiger partial charge on any atom is -0.466 e. The molecule has 0 aromatic rings. The molecule has 0 saturated carbocycles. The van der Waals surface area contributed by atoms with Crippen LogP contribution in [-0.2, 0) is 38.1 Å². The van der Waals surface area contributed by atoms with Crippen molar-refractivity contribution in [1.82, 2.24) is 5.32 Å². The van der Waals surface area contributed by atoms with E-state index in [2.05, 4.69) is 19.8 Å².